The first-order valence-corrected chi connectivity index (χ1v) is 8.88. The zero-order valence-corrected chi connectivity index (χ0v) is 13.9. The third-order valence-electron chi connectivity index (χ3n) is 3.82. The number of aromatic nitrogens is 1. The molecule has 1 aromatic rings. The molecule has 0 unspecified atom stereocenters. The molecule has 1 heterocycles. The van der Waals surface area contributed by atoms with Crippen LogP contribution < -0.4 is 4.72 Å². The number of amides is 1. The van der Waals surface area contributed by atoms with Crippen molar-refractivity contribution >= 4 is 15.9 Å². The van der Waals surface area contributed by atoms with E-state index < -0.39 is 15.9 Å². The number of aryl methyl sites for hydroxylation is 2. The van der Waals surface area contributed by atoms with Crippen molar-refractivity contribution in [1.29, 1.82) is 0 Å². The number of rotatable bonds is 5. The molecule has 7 nitrogen and oxygen atoms in total. The summed E-state index contributed by atoms with van der Waals surface area (Å²) in [6, 6.07) is 0. The molecule has 8 heteroatoms. The van der Waals surface area contributed by atoms with Gasteiger partial charge >= 0.3 is 0 Å². The lowest BCUT2D eigenvalue weighted by Crippen LogP contribution is -2.35. The zero-order valence-electron chi connectivity index (χ0n) is 13.1. The van der Waals surface area contributed by atoms with E-state index in [0.29, 0.717) is 5.92 Å². The molecule has 0 radical (unpaired) electrons. The Morgan fingerprint density at radius 2 is 2.14 bits per heavy atom. The van der Waals surface area contributed by atoms with Gasteiger partial charge in [-0.15, -0.1) is 0 Å². The SMILES string of the molecule is Cc1noc(C)c1S(=O)(=O)NC(=O)CO[C@H]1CCC[C@H](C)C1. The average Bonchev–Trinajstić information content (AvgIpc) is 2.76. The van der Waals surface area contributed by atoms with Gasteiger partial charge in [-0.05, 0) is 32.6 Å². The van der Waals surface area contributed by atoms with Crippen molar-refractivity contribution in [2.24, 2.45) is 5.92 Å². The van der Waals surface area contributed by atoms with Crippen LogP contribution in [0.4, 0.5) is 0 Å². The second kappa shape index (κ2) is 6.78. The van der Waals surface area contributed by atoms with E-state index in [4.69, 9.17) is 9.26 Å². The van der Waals surface area contributed by atoms with E-state index in [2.05, 4.69) is 12.1 Å². The summed E-state index contributed by atoms with van der Waals surface area (Å²) in [5, 5.41) is 3.58. The van der Waals surface area contributed by atoms with Crippen LogP contribution in [-0.4, -0.2) is 32.2 Å². The highest BCUT2D eigenvalue weighted by Gasteiger charge is 2.27. The van der Waals surface area contributed by atoms with Crippen LogP contribution in [0, 0.1) is 19.8 Å². The van der Waals surface area contributed by atoms with Gasteiger partial charge in [-0.3, -0.25) is 4.79 Å². The molecule has 124 valence electrons. The van der Waals surface area contributed by atoms with Crippen LogP contribution in [0.25, 0.3) is 0 Å². The number of carbonyl (C=O) groups excluding carboxylic acids is 1. The zero-order chi connectivity index (χ0) is 16.3. The molecular formula is C14H22N2O5S. The smallest absolute Gasteiger partial charge is 0.269 e. The Bertz CT molecular complexity index is 618. The molecule has 1 fully saturated rings. The third kappa shape index (κ3) is 4.07. The maximum absolute atomic E-state index is 12.2. The van der Waals surface area contributed by atoms with Crippen molar-refractivity contribution < 1.29 is 22.5 Å². The maximum Gasteiger partial charge on any atom is 0.269 e. The van der Waals surface area contributed by atoms with Gasteiger partial charge in [0, 0.05) is 0 Å². The van der Waals surface area contributed by atoms with Crippen LogP contribution in [0.5, 0.6) is 0 Å². The standard InChI is InChI=1S/C14H22N2O5S/c1-9-5-4-6-12(7-9)20-8-13(17)16-22(18,19)14-10(2)15-21-11(14)3/h9,12H,4-8H2,1-3H3,(H,16,17)/t9-,12-/m0/s1. The van der Waals surface area contributed by atoms with E-state index in [1.807, 2.05) is 4.72 Å². The molecule has 2 atom stereocenters. The van der Waals surface area contributed by atoms with Gasteiger partial charge in [0.2, 0.25) is 0 Å². The molecule has 2 rings (SSSR count). The van der Waals surface area contributed by atoms with Crippen molar-refractivity contribution in [3.05, 3.63) is 11.5 Å². The molecule has 22 heavy (non-hydrogen) atoms. The molecule has 0 bridgehead atoms. The van der Waals surface area contributed by atoms with Crippen molar-refractivity contribution in [3.63, 3.8) is 0 Å². The van der Waals surface area contributed by atoms with E-state index >= 15 is 0 Å². The minimum absolute atomic E-state index is 0.0243. The van der Waals surface area contributed by atoms with Gasteiger partial charge in [0.25, 0.3) is 15.9 Å². The van der Waals surface area contributed by atoms with E-state index in [1.54, 1.807) is 0 Å². The minimum Gasteiger partial charge on any atom is -0.368 e. The first-order valence-electron chi connectivity index (χ1n) is 7.39. The highest BCUT2D eigenvalue weighted by Crippen LogP contribution is 2.25. The van der Waals surface area contributed by atoms with E-state index in [0.717, 1.165) is 19.3 Å². The molecule has 0 saturated heterocycles. The lowest BCUT2D eigenvalue weighted by molar-refractivity contribution is -0.126. The predicted octanol–water partition coefficient (Wildman–Crippen LogP) is 1.69. The summed E-state index contributed by atoms with van der Waals surface area (Å²) in [6.07, 6.45) is 4.09. The van der Waals surface area contributed by atoms with Crippen molar-refractivity contribution in [1.82, 2.24) is 9.88 Å². The molecule has 0 aromatic carbocycles. The number of hydrogen-bond acceptors (Lipinski definition) is 6. The lowest BCUT2D eigenvalue weighted by Gasteiger charge is -2.26. The summed E-state index contributed by atoms with van der Waals surface area (Å²) in [5.74, 6) is 0.0471. The fourth-order valence-electron chi connectivity index (χ4n) is 2.81. The molecule has 1 aromatic heterocycles. The first-order chi connectivity index (χ1) is 10.3. The Balaban J connectivity index is 1.91. The van der Waals surface area contributed by atoms with E-state index in [-0.39, 0.29) is 29.1 Å². The molecule has 1 aliphatic rings. The predicted molar refractivity (Wildman–Crippen MR) is 78.7 cm³/mol. The van der Waals surface area contributed by atoms with Gasteiger partial charge in [0.1, 0.15) is 12.3 Å². The van der Waals surface area contributed by atoms with Gasteiger partial charge in [0.05, 0.1) is 6.10 Å². The molecule has 1 saturated carbocycles. The first kappa shape index (κ1) is 17.0. The number of carbonyl (C=O) groups is 1. The third-order valence-corrected chi connectivity index (χ3v) is 5.44. The molecule has 1 N–H and O–H groups in total. The highest BCUT2D eigenvalue weighted by atomic mass is 32.2. The van der Waals surface area contributed by atoms with Crippen LogP contribution in [0.1, 0.15) is 44.1 Å². The average molecular weight is 330 g/mol. The fourth-order valence-corrected chi connectivity index (χ4v) is 4.11. The Morgan fingerprint density at radius 1 is 1.41 bits per heavy atom. The summed E-state index contributed by atoms with van der Waals surface area (Å²) >= 11 is 0. The largest absolute Gasteiger partial charge is 0.368 e. The number of sulfonamides is 1. The molecular weight excluding hydrogens is 308 g/mol. The summed E-state index contributed by atoms with van der Waals surface area (Å²) in [4.78, 5) is 11.7. The van der Waals surface area contributed by atoms with Crippen molar-refractivity contribution in [3.8, 4) is 0 Å². The van der Waals surface area contributed by atoms with Crippen molar-refractivity contribution in [2.75, 3.05) is 6.61 Å². The summed E-state index contributed by atoms with van der Waals surface area (Å²) < 4.78 is 36.7. The number of nitrogens with zero attached hydrogens (tertiary/aromatic N) is 1. The Hall–Kier alpha value is -1.41. The molecule has 1 aliphatic carbocycles. The summed E-state index contributed by atoms with van der Waals surface area (Å²) in [5.41, 5.74) is 0.222. The van der Waals surface area contributed by atoms with Crippen LogP contribution >= 0.6 is 0 Å². The Morgan fingerprint density at radius 3 is 2.73 bits per heavy atom. The monoisotopic (exact) mass is 330 g/mol. The van der Waals surface area contributed by atoms with Crippen LogP contribution in [0.2, 0.25) is 0 Å². The van der Waals surface area contributed by atoms with Crippen LogP contribution in [-0.2, 0) is 19.6 Å². The number of hydrogen-bond donors (Lipinski definition) is 1. The second-order valence-corrected chi connectivity index (χ2v) is 7.51. The topological polar surface area (TPSA) is 98.5 Å². The summed E-state index contributed by atoms with van der Waals surface area (Å²) in [6.45, 7) is 4.88. The molecule has 0 spiro atoms. The van der Waals surface area contributed by atoms with E-state index in [1.165, 1.54) is 20.3 Å². The van der Waals surface area contributed by atoms with Gasteiger partial charge in [-0.25, -0.2) is 13.1 Å². The second-order valence-electron chi connectivity index (χ2n) is 5.89. The fraction of sp³-hybridized carbons (Fsp3) is 0.714. The minimum atomic E-state index is -3.98. The van der Waals surface area contributed by atoms with E-state index in [9.17, 15) is 13.2 Å². The number of nitrogens with one attached hydrogen (secondary N) is 1. The van der Waals surface area contributed by atoms with Gasteiger partial charge in [0.15, 0.2) is 10.7 Å². The molecule has 1 amide bonds. The van der Waals surface area contributed by atoms with Gasteiger partial charge < -0.3 is 9.26 Å². The highest BCUT2D eigenvalue weighted by molar-refractivity contribution is 7.90. The van der Waals surface area contributed by atoms with Crippen LogP contribution in [0.3, 0.4) is 0 Å². The Labute approximate surface area is 130 Å². The lowest BCUT2D eigenvalue weighted by atomic mass is 9.89. The molecule has 0 aliphatic heterocycles. The van der Waals surface area contributed by atoms with Gasteiger partial charge in [-0.1, -0.05) is 24.9 Å². The quantitative estimate of drug-likeness (QED) is 0.882. The normalized spacial score (nSPS) is 22.5. The number of ether oxygens (including phenoxy) is 1. The summed E-state index contributed by atoms with van der Waals surface area (Å²) in [7, 11) is -3.98. The van der Waals surface area contributed by atoms with Crippen molar-refractivity contribution in [2.45, 2.75) is 57.5 Å². The van der Waals surface area contributed by atoms with Gasteiger partial charge in [-0.2, -0.15) is 0 Å². The Kier molecular flexibility index (Phi) is 5.23. The maximum atomic E-state index is 12.2. The van der Waals surface area contributed by atoms with Crippen LogP contribution in [0.15, 0.2) is 9.42 Å².